The van der Waals surface area contributed by atoms with Crippen LogP contribution in [-0.4, -0.2) is 69.3 Å². The predicted octanol–water partition coefficient (Wildman–Crippen LogP) is 0.673. The number of carbonyl (C=O) groups is 1. The number of hydrogen-bond donors (Lipinski definition) is 0. The van der Waals surface area contributed by atoms with Gasteiger partial charge < -0.3 is 4.90 Å². The molecule has 1 aliphatic heterocycles. The highest BCUT2D eigenvalue weighted by atomic mass is 35.5. The number of nitrogens with zero attached hydrogens (tertiary/aromatic N) is 6. The van der Waals surface area contributed by atoms with Crippen molar-refractivity contribution in [1.82, 2.24) is 28.8 Å². The summed E-state index contributed by atoms with van der Waals surface area (Å²) in [5.74, 6) is -0.109. The average molecular weight is 401 g/mol. The van der Waals surface area contributed by atoms with Crippen LogP contribution in [0.2, 0.25) is 5.02 Å². The molecule has 0 radical (unpaired) electrons. The Labute approximate surface area is 157 Å². The van der Waals surface area contributed by atoms with Crippen LogP contribution in [0.5, 0.6) is 0 Å². The van der Waals surface area contributed by atoms with Crippen molar-refractivity contribution in [2.45, 2.75) is 24.8 Å². The Balaban J connectivity index is 1.65. The highest BCUT2D eigenvalue weighted by Crippen LogP contribution is 2.20. The molecule has 1 atom stereocenters. The lowest BCUT2D eigenvalue weighted by Gasteiger charge is -2.35. The van der Waals surface area contributed by atoms with E-state index in [-0.39, 0.29) is 23.9 Å². The largest absolute Gasteiger partial charge is 0.338 e. The van der Waals surface area contributed by atoms with Crippen LogP contribution in [0.4, 0.5) is 0 Å². The zero-order chi connectivity index (χ0) is 19.1. The van der Waals surface area contributed by atoms with Crippen molar-refractivity contribution in [3.63, 3.8) is 0 Å². The summed E-state index contributed by atoms with van der Waals surface area (Å²) in [6, 6.07) is -0.498. The van der Waals surface area contributed by atoms with E-state index < -0.39 is 16.1 Å². The Morgan fingerprint density at radius 1 is 1.23 bits per heavy atom. The fourth-order valence-electron chi connectivity index (χ4n) is 2.87. The first kappa shape index (κ1) is 18.9. The number of hydrogen-bond acceptors (Lipinski definition) is 5. The number of aryl methyl sites for hydroxylation is 2. The molecular weight excluding hydrogens is 380 g/mol. The van der Waals surface area contributed by atoms with Gasteiger partial charge in [-0.25, -0.2) is 8.42 Å². The Hall–Kier alpha value is -1.91. The molecule has 3 heterocycles. The molecule has 1 unspecified atom stereocenters. The summed E-state index contributed by atoms with van der Waals surface area (Å²) in [5, 5.41) is 8.67. The molecular formula is C15H21ClN6O3S. The Morgan fingerprint density at radius 3 is 2.38 bits per heavy atom. The highest BCUT2D eigenvalue weighted by Gasteiger charge is 2.32. The third-order valence-electron chi connectivity index (χ3n) is 4.48. The van der Waals surface area contributed by atoms with Gasteiger partial charge in [0, 0.05) is 45.6 Å². The lowest BCUT2D eigenvalue weighted by molar-refractivity contribution is -0.135. The Morgan fingerprint density at radius 2 is 1.88 bits per heavy atom. The Bertz CT molecular complexity index is 894. The minimum atomic E-state index is -3.59. The van der Waals surface area contributed by atoms with E-state index in [1.54, 1.807) is 36.7 Å². The van der Waals surface area contributed by atoms with Crippen molar-refractivity contribution in [1.29, 1.82) is 0 Å². The van der Waals surface area contributed by atoms with E-state index in [0.29, 0.717) is 23.8 Å². The van der Waals surface area contributed by atoms with E-state index in [4.69, 9.17) is 11.6 Å². The van der Waals surface area contributed by atoms with Crippen molar-refractivity contribution in [2.75, 3.05) is 26.2 Å². The van der Waals surface area contributed by atoms with Gasteiger partial charge in [-0.1, -0.05) is 11.6 Å². The zero-order valence-electron chi connectivity index (χ0n) is 14.8. The van der Waals surface area contributed by atoms with Crippen LogP contribution in [0, 0.1) is 6.92 Å². The van der Waals surface area contributed by atoms with Gasteiger partial charge in [0.2, 0.25) is 15.9 Å². The van der Waals surface area contributed by atoms with Gasteiger partial charge in [-0.15, -0.1) is 0 Å². The van der Waals surface area contributed by atoms with Crippen molar-refractivity contribution in [2.24, 2.45) is 7.05 Å². The molecule has 0 N–H and O–H groups in total. The summed E-state index contributed by atoms with van der Waals surface area (Å²) in [6.45, 7) is 4.68. The van der Waals surface area contributed by atoms with Gasteiger partial charge in [0.25, 0.3) is 0 Å². The number of sulfonamides is 1. The van der Waals surface area contributed by atoms with E-state index in [2.05, 4.69) is 10.2 Å². The summed E-state index contributed by atoms with van der Waals surface area (Å²) < 4.78 is 29.6. The van der Waals surface area contributed by atoms with E-state index in [1.165, 1.54) is 21.4 Å². The number of aromatic nitrogens is 4. The highest BCUT2D eigenvalue weighted by molar-refractivity contribution is 7.89. The van der Waals surface area contributed by atoms with Gasteiger partial charge >= 0.3 is 0 Å². The molecule has 0 aliphatic carbocycles. The monoisotopic (exact) mass is 400 g/mol. The quantitative estimate of drug-likeness (QED) is 0.752. The van der Waals surface area contributed by atoms with E-state index in [9.17, 15) is 13.2 Å². The smallest absolute Gasteiger partial charge is 0.247 e. The lowest BCUT2D eigenvalue weighted by atomic mass is 10.2. The van der Waals surface area contributed by atoms with E-state index in [1.807, 2.05) is 0 Å². The fraction of sp³-hybridized carbons (Fsp3) is 0.533. The first-order valence-corrected chi connectivity index (χ1v) is 10.0. The summed E-state index contributed by atoms with van der Waals surface area (Å²) in [4.78, 5) is 14.5. The molecule has 2 aromatic rings. The molecule has 3 rings (SSSR count). The molecule has 11 heteroatoms. The van der Waals surface area contributed by atoms with Crippen molar-refractivity contribution >= 4 is 27.5 Å². The molecule has 142 valence electrons. The molecule has 26 heavy (non-hydrogen) atoms. The number of piperazine rings is 1. The molecule has 1 aliphatic rings. The third-order valence-corrected chi connectivity index (χ3v) is 6.70. The van der Waals surface area contributed by atoms with Crippen molar-refractivity contribution < 1.29 is 13.2 Å². The molecule has 0 bridgehead atoms. The summed E-state index contributed by atoms with van der Waals surface area (Å²) in [5.41, 5.74) is 0.665. The molecule has 1 fully saturated rings. The maximum Gasteiger partial charge on any atom is 0.247 e. The average Bonchev–Trinajstić information content (AvgIpc) is 3.20. The first-order chi connectivity index (χ1) is 12.2. The lowest BCUT2D eigenvalue weighted by Crippen LogP contribution is -2.51. The first-order valence-electron chi connectivity index (χ1n) is 8.19. The van der Waals surface area contributed by atoms with E-state index in [0.717, 1.165) is 0 Å². The van der Waals surface area contributed by atoms with Crippen LogP contribution in [0.25, 0.3) is 0 Å². The van der Waals surface area contributed by atoms with Gasteiger partial charge in [0.1, 0.15) is 10.9 Å². The van der Waals surface area contributed by atoms with E-state index >= 15 is 0 Å². The second kappa shape index (κ2) is 7.01. The van der Waals surface area contributed by atoms with Gasteiger partial charge in [-0.05, 0) is 13.8 Å². The maximum atomic E-state index is 12.7. The van der Waals surface area contributed by atoms with Crippen LogP contribution in [0.15, 0.2) is 23.5 Å². The summed E-state index contributed by atoms with van der Waals surface area (Å²) >= 11 is 6.00. The van der Waals surface area contributed by atoms with Crippen LogP contribution in [0.1, 0.15) is 18.7 Å². The number of amides is 1. The molecule has 0 aromatic carbocycles. The molecule has 9 nitrogen and oxygen atoms in total. The van der Waals surface area contributed by atoms with Crippen LogP contribution in [-0.2, 0) is 21.9 Å². The molecule has 0 saturated carbocycles. The minimum absolute atomic E-state index is 0.109. The molecule has 0 spiro atoms. The van der Waals surface area contributed by atoms with Crippen LogP contribution >= 0.6 is 11.6 Å². The molecule has 2 aromatic heterocycles. The van der Waals surface area contributed by atoms with Gasteiger partial charge in [0.15, 0.2) is 0 Å². The topological polar surface area (TPSA) is 93.3 Å². The van der Waals surface area contributed by atoms with Crippen molar-refractivity contribution in [3.05, 3.63) is 29.3 Å². The predicted molar refractivity (Wildman–Crippen MR) is 95.2 cm³/mol. The van der Waals surface area contributed by atoms with Crippen LogP contribution < -0.4 is 0 Å². The molecule has 1 saturated heterocycles. The Kier molecular flexibility index (Phi) is 5.09. The minimum Gasteiger partial charge on any atom is -0.338 e. The van der Waals surface area contributed by atoms with Gasteiger partial charge in [-0.2, -0.15) is 14.5 Å². The summed E-state index contributed by atoms with van der Waals surface area (Å²) in [6.07, 6.45) is 4.43. The zero-order valence-corrected chi connectivity index (χ0v) is 16.4. The third kappa shape index (κ3) is 3.49. The normalized spacial score (nSPS) is 17.5. The standard InChI is InChI=1S/C15H21ClN6O3S/c1-11-14(16)10-22(18-11)12(2)15(23)20-4-6-21(7-5-20)26(24,25)13-8-17-19(3)9-13/h8-10,12H,4-7H2,1-3H3. The number of carbonyl (C=O) groups excluding carboxylic acids is 1. The SMILES string of the molecule is Cc1nn(C(C)C(=O)N2CCN(S(=O)(=O)c3cnn(C)c3)CC2)cc1Cl. The number of halogens is 1. The van der Waals surface area contributed by atoms with Crippen molar-refractivity contribution in [3.8, 4) is 0 Å². The summed E-state index contributed by atoms with van der Waals surface area (Å²) in [7, 11) is -1.92. The maximum absolute atomic E-state index is 12.7. The second-order valence-corrected chi connectivity index (χ2v) is 8.64. The van der Waals surface area contributed by atoms with Gasteiger partial charge in [-0.3, -0.25) is 14.2 Å². The second-order valence-electron chi connectivity index (χ2n) is 6.30. The number of rotatable bonds is 4. The fourth-order valence-corrected chi connectivity index (χ4v) is 4.41. The van der Waals surface area contributed by atoms with Gasteiger partial charge in [0.05, 0.1) is 16.9 Å². The van der Waals surface area contributed by atoms with Crippen LogP contribution in [0.3, 0.4) is 0 Å². The molecule has 1 amide bonds.